The Bertz CT molecular complexity index is 1010. The van der Waals surface area contributed by atoms with E-state index in [1.54, 1.807) is 0 Å². The number of ether oxygens (including phenoxy) is 1. The average Bonchev–Trinajstić information content (AvgIpc) is 2.76. The summed E-state index contributed by atoms with van der Waals surface area (Å²) in [4.78, 5) is 66.0. The Balaban J connectivity index is 2.05. The maximum absolute atomic E-state index is 14.7. The first-order valence-corrected chi connectivity index (χ1v) is 11.8. The summed E-state index contributed by atoms with van der Waals surface area (Å²) in [5.41, 5.74) is -3.97. The summed E-state index contributed by atoms with van der Waals surface area (Å²) in [6, 6.07) is 0.923. The van der Waals surface area contributed by atoms with Gasteiger partial charge in [-0.15, -0.1) is 0 Å². The van der Waals surface area contributed by atoms with Gasteiger partial charge in [-0.2, -0.15) is 0 Å². The molecule has 2 heterocycles. The van der Waals surface area contributed by atoms with Crippen molar-refractivity contribution in [2.24, 2.45) is 0 Å². The van der Waals surface area contributed by atoms with Crippen LogP contribution in [-0.2, 0) is 31.6 Å². The van der Waals surface area contributed by atoms with E-state index in [0.29, 0.717) is 4.57 Å². The number of nitrogens with one attached hydrogen (secondary N) is 1. The van der Waals surface area contributed by atoms with Gasteiger partial charge in [0.25, 0.3) is 29.0 Å². The van der Waals surface area contributed by atoms with Crippen molar-refractivity contribution in [3.8, 4) is 0 Å². The van der Waals surface area contributed by atoms with Gasteiger partial charge in [0.15, 0.2) is 11.9 Å². The summed E-state index contributed by atoms with van der Waals surface area (Å²) in [7, 11) is -17.7. The van der Waals surface area contributed by atoms with E-state index < -0.39 is 65.7 Å². The van der Waals surface area contributed by atoms with E-state index in [4.69, 9.17) is 9.63 Å². The van der Waals surface area contributed by atoms with E-state index in [-0.39, 0.29) is 0 Å². The lowest BCUT2D eigenvalue weighted by Crippen LogP contribution is -2.38. The maximum Gasteiger partial charge on any atom is 0.330 e. The Morgan fingerprint density at radius 1 is 1.31 bits per heavy atom. The van der Waals surface area contributed by atoms with E-state index >= 15 is 0 Å². The standard InChI is InChI=1S/C10H16FN2O13P3/c1-10(11)4-6(24-8(10)13-3-2-7(14)12-9(13)15)5-23-28(19,20)26-29(21,22)25-27(16,17)18/h2-3,6,8H,4-5H2,1H3,(H,19,20)(H,21,22)(H,12,14,15)(H2,16,17,18)/p-3/t6-,8+,10+/m0/s1. The fourth-order valence-corrected chi connectivity index (χ4v) is 5.36. The summed E-state index contributed by atoms with van der Waals surface area (Å²) < 4.78 is 64.4. The van der Waals surface area contributed by atoms with Gasteiger partial charge >= 0.3 is 5.69 Å². The van der Waals surface area contributed by atoms with Gasteiger partial charge in [0.05, 0.1) is 12.7 Å². The van der Waals surface area contributed by atoms with Crippen molar-refractivity contribution in [1.29, 1.82) is 0 Å². The minimum absolute atomic E-state index is 0.513. The largest absolute Gasteiger partial charge is 0.756 e. The highest BCUT2D eigenvalue weighted by Crippen LogP contribution is 2.61. The van der Waals surface area contributed by atoms with E-state index in [1.807, 2.05) is 4.98 Å². The van der Waals surface area contributed by atoms with E-state index in [0.717, 1.165) is 19.2 Å². The summed E-state index contributed by atoms with van der Waals surface area (Å²) in [6.45, 7) is 0.0399. The fourth-order valence-electron chi connectivity index (χ4n) is 2.45. The second-order valence-corrected chi connectivity index (χ2v) is 10.2. The first-order chi connectivity index (χ1) is 13.0. The molecule has 1 aromatic rings. The van der Waals surface area contributed by atoms with Gasteiger partial charge in [-0.05, 0) is 6.92 Å². The highest BCUT2D eigenvalue weighted by Gasteiger charge is 2.47. The third-order valence-corrected chi connectivity index (χ3v) is 7.08. The third kappa shape index (κ3) is 7.02. The average molecular weight is 481 g/mol. The lowest BCUT2D eigenvalue weighted by Gasteiger charge is -2.32. The van der Waals surface area contributed by atoms with Crippen molar-refractivity contribution in [2.45, 2.75) is 31.3 Å². The maximum atomic E-state index is 14.7. The predicted molar refractivity (Wildman–Crippen MR) is 82.5 cm³/mol. The molecule has 3 unspecified atom stereocenters. The van der Waals surface area contributed by atoms with Crippen LogP contribution in [-0.4, -0.2) is 32.8 Å². The van der Waals surface area contributed by atoms with Gasteiger partial charge in [0.2, 0.25) is 0 Å². The summed E-state index contributed by atoms with van der Waals surface area (Å²) in [6.07, 6.45) is -2.46. The number of hydrogen-bond donors (Lipinski definition) is 2. The molecule has 0 radical (unpaired) electrons. The summed E-state index contributed by atoms with van der Waals surface area (Å²) >= 11 is 0. The molecule has 0 saturated carbocycles. The van der Waals surface area contributed by atoms with E-state index in [9.17, 15) is 42.4 Å². The normalized spacial score (nSPS) is 31.0. The minimum Gasteiger partial charge on any atom is -0.756 e. The molecule has 1 saturated heterocycles. The molecule has 0 spiro atoms. The molecule has 19 heteroatoms. The molecule has 29 heavy (non-hydrogen) atoms. The highest BCUT2D eigenvalue weighted by atomic mass is 31.3. The zero-order chi connectivity index (χ0) is 22.3. The van der Waals surface area contributed by atoms with Gasteiger partial charge in [-0.3, -0.25) is 28.0 Å². The molecule has 6 atom stereocenters. The first-order valence-electron chi connectivity index (χ1n) is 7.39. The molecule has 2 rings (SSSR count). The van der Waals surface area contributed by atoms with Crippen LogP contribution in [0.4, 0.5) is 4.39 Å². The monoisotopic (exact) mass is 481 g/mol. The molecule has 15 nitrogen and oxygen atoms in total. The third-order valence-electron chi connectivity index (χ3n) is 3.39. The number of aromatic nitrogens is 2. The van der Waals surface area contributed by atoms with Crippen molar-refractivity contribution >= 4 is 23.5 Å². The Hall–Kier alpha value is -1.02. The van der Waals surface area contributed by atoms with Crippen LogP contribution in [0.5, 0.6) is 0 Å². The van der Waals surface area contributed by atoms with Crippen LogP contribution in [0.2, 0.25) is 0 Å². The molecular formula is C10H13FN2O13P3-3. The number of alkyl halides is 1. The zero-order valence-electron chi connectivity index (χ0n) is 14.2. The molecule has 2 N–H and O–H groups in total. The van der Waals surface area contributed by atoms with Gasteiger partial charge < -0.3 is 28.8 Å². The van der Waals surface area contributed by atoms with Crippen LogP contribution in [0.1, 0.15) is 19.6 Å². The van der Waals surface area contributed by atoms with Crippen LogP contribution in [0.3, 0.4) is 0 Å². The van der Waals surface area contributed by atoms with Crippen molar-refractivity contribution in [3.05, 3.63) is 33.1 Å². The lowest BCUT2D eigenvalue weighted by molar-refractivity contribution is -0.250. The number of hydrogen-bond acceptors (Lipinski definition) is 12. The molecule has 1 fully saturated rings. The Morgan fingerprint density at radius 3 is 2.48 bits per heavy atom. The smallest absolute Gasteiger partial charge is 0.330 e. The minimum atomic E-state index is -6.06. The molecular weight excluding hydrogens is 468 g/mol. The number of phosphoric acid groups is 3. The first kappa shape index (κ1) is 24.3. The predicted octanol–water partition coefficient (Wildman–Crippen LogP) is -2.00. The zero-order valence-corrected chi connectivity index (χ0v) is 16.9. The number of H-pyrrole nitrogens is 1. The molecule has 166 valence electrons. The quantitative estimate of drug-likeness (QED) is 0.383. The fraction of sp³-hybridized carbons (Fsp3) is 0.600. The lowest BCUT2D eigenvalue weighted by atomic mass is 10.0. The highest BCUT2D eigenvalue weighted by molar-refractivity contribution is 7.65. The summed E-state index contributed by atoms with van der Waals surface area (Å²) in [5, 5.41) is 0. The molecule has 1 aliphatic rings. The SMILES string of the molecule is C[C@@]1(F)C[C@@H](COP(=O)([O-])OP(=O)([O-])OP(=O)([O-])O)O[C@H]1n1ccc(=O)[nH]c1=O. The van der Waals surface area contributed by atoms with E-state index in [2.05, 4.69) is 13.1 Å². The Kier molecular flexibility index (Phi) is 6.90. The second-order valence-electron chi connectivity index (χ2n) is 5.93. The van der Waals surface area contributed by atoms with Crippen LogP contribution < -0.4 is 25.9 Å². The van der Waals surface area contributed by atoms with Crippen LogP contribution >= 0.6 is 23.5 Å². The molecule has 0 aliphatic carbocycles. The number of halogens is 1. The van der Waals surface area contributed by atoms with Gasteiger partial charge in [0.1, 0.15) is 0 Å². The number of aromatic amines is 1. The molecule has 0 amide bonds. The van der Waals surface area contributed by atoms with Gasteiger partial charge in [-0.25, -0.2) is 17.8 Å². The molecule has 0 aromatic carbocycles. The summed E-state index contributed by atoms with van der Waals surface area (Å²) in [5.74, 6) is 0. The molecule has 1 aliphatic heterocycles. The number of rotatable bonds is 8. The van der Waals surface area contributed by atoms with Gasteiger partial charge in [0, 0.05) is 18.7 Å². The number of phosphoric ester groups is 1. The van der Waals surface area contributed by atoms with Crippen molar-refractivity contribution in [3.63, 3.8) is 0 Å². The van der Waals surface area contributed by atoms with Crippen LogP contribution in [0.15, 0.2) is 21.9 Å². The van der Waals surface area contributed by atoms with Crippen molar-refractivity contribution in [1.82, 2.24) is 9.55 Å². The topological polar surface area (TPSA) is 232 Å². The van der Waals surface area contributed by atoms with Crippen molar-refractivity contribution < 1.29 is 55.5 Å². The molecule has 1 aromatic heterocycles. The van der Waals surface area contributed by atoms with Crippen molar-refractivity contribution in [2.75, 3.05) is 6.61 Å². The van der Waals surface area contributed by atoms with E-state index in [1.165, 1.54) is 0 Å². The van der Waals surface area contributed by atoms with Crippen LogP contribution in [0.25, 0.3) is 0 Å². The molecule has 0 bridgehead atoms. The number of nitrogens with zero attached hydrogens (tertiary/aromatic N) is 1. The van der Waals surface area contributed by atoms with Crippen LogP contribution in [0, 0.1) is 0 Å². The second kappa shape index (κ2) is 8.25. The Labute approximate surface area is 160 Å². The van der Waals surface area contributed by atoms with Gasteiger partial charge in [-0.1, -0.05) is 0 Å². The Morgan fingerprint density at radius 2 is 1.93 bits per heavy atom.